The molecule has 0 heterocycles. The third-order valence-corrected chi connectivity index (χ3v) is 4.57. The van der Waals surface area contributed by atoms with Crippen LogP contribution in [0.3, 0.4) is 0 Å². The van der Waals surface area contributed by atoms with Crippen molar-refractivity contribution >= 4 is 27.4 Å². The molecule has 2 rings (SSSR count). The van der Waals surface area contributed by atoms with Gasteiger partial charge in [-0.05, 0) is 30.7 Å². The molecule has 0 atom stereocenters. The molecule has 2 N–H and O–H groups in total. The van der Waals surface area contributed by atoms with Crippen LogP contribution in [0.15, 0.2) is 47.4 Å². The van der Waals surface area contributed by atoms with Gasteiger partial charge in [0.25, 0.3) is 15.7 Å². The summed E-state index contributed by atoms with van der Waals surface area (Å²) in [5.74, 6) is -1.20. The number of carboxylic acids is 1. The molecule has 0 spiro atoms. The fourth-order valence-corrected chi connectivity index (χ4v) is 3.31. The lowest BCUT2D eigenvalue weighted by Crippen LogP contribution is -2.16. The number of nitro benzene ring substituents is 1. The Morgan fingerprint density at radius 3 is 2.43 bits per heavy atom. The van der Waals surface area contributed by atoms with Gasteiger partial charge in [-0.2, -0.15) is 0 Å². The van der Waals surface area contributed by atoms with E-state index < -0.39 is 31.5 Å². The SMILES string of the molecule is Cc1c(NS(=O)(=O)c2ccccc2[N+](=O)[O-])cccc1C(=O)O. The summed E-state index contributed by atoms with van der Waals surface area (Å²) in [6.07, 6.45) is 0. The number of nitrogens with one attached hydrogen (secondary N) is 1. The quantitative estimate of drug-likeness (QED) is 0.637. The minimum atomic E-state index is -4.24. The number of hydrogen-bond acceptors (Lipinski definition) is 5. The number of nitrogens with zero attached hydrogens (tertiary/aromatic N) is 1. The molecule has 23 heavy (non-hydrogen) atoms. The second kappa shape index (κ2) is 6.05. The van der Waals surface area contributed by atoms with Gasteiger partial charge in [-0.1, -0.05) is 18.2 Å². The van der Waals surface area contributed by atoms with E-state index in [2.05, 4.69) is 4.72 Å². The van der Waals surface area contributed by atoms with Gasteiger partial charge >= 0.3 is 5.97 Å². The van der Waals surface area contributed by atoms with Crippen molar-refractivity contribution in [1.29, 1.82) is 0 Å². The zero-order valence-corrected chi connectivity index (χ0v) is 12.7. The highest BCUT2D eigenvalue weighted by Gasteiger charge is 2.26. The van der Waals surface area contributed by atoms with E-state index in [9.17, 15) is 23.3 Å². The molecule has 8 nitrogen and oxygen atoms in total. The van der Waals surface area contributed by atoms with Crippen LogP contribution in [-0.2, 0) is 10.0 Å². The van der Waals surface area contributed by atoms with E-state index in [1.807, 2.05) is 0 Å². The highest BCUT2D eigenvalue weighted by Crippen LogP contribution is 2.27. The Hall–Kier alpha value is -2.94. The number of carboxylic acid groups (broad SMARTS) is 1. The number of hydrogen-bond donors (Lipinski definition) is 2. The van der Waals surface area contributed by atoms with E-state index in [1.54, 1.807) is 0 Å². The van der Waals surface area contributed by atoms with Gasteiger partial charge in [0.15, 0.2) is 4.90 Å². The molecule has 2 aromatic rings. The largest absolute Gasteiger partial charge is 0.478 e. The summed E-state index contributed by atoms with van der Waals surface area (Å²) < 4.78 is 27.0. The molecule has 0 aliphatic rings. The van der Waals surface area contributed by atoms with Gasteiger partial charge in [-0.3, -0.25) is 14.8 Å². The summed E-state index contributed by atoms with van der Waals surface area (Å²) in [5, 5.41) is 20.0. The first-order valence-corrected chi connectivity index (χ1v) is 7.81. The topological polar surface area (TPSA) is 127 Å². The maximum Gasteiger partial charge on any atom is 0.336 e. The summed E-state index contributed by atoms with van der Waals surface area (Å²) in [6, 6.07) is 9.00. The Morgan fingerprint density at radius 2 is 1.83 bits per heavy atom. The third-order valence-electron chi connectivity index (χ3n) is 3.16. The molecule has 0 saturated heterocycles. The van der Waals surface area contributed by atoms with Crippen LogP contribution in [0.2, 0.25) is 0 Å². The normalized spacial score (nSPS) is 11.0. The molecule has 9 heteroatoms. The maximum absolute atomic E-state index is 12.4. The van der Waals surface area contributed by atoms with Gasteiger partial charge in [-0.25, -0.2) is 13.2 Å². The minimum absolute atomic E-state index is 0.0445. The van der Waals surface area contributed by atoms with Gasteiger partial charge < -0.3 is 5.11 Å². The van der Waals surface area contributed by atoms with Crippen molar-refractivity contribution in [1.82, 2.24) is 0 Å². The second-order valence-electron chi connectivity index (χ2n) is 4.61. The number of rotatable bonds is 5. The molecule has 0 saturated carbocycles. The summed E-state index contributed by atoms with van der Waals surface area (Å²) in [7, 11) is -4.24. The van der Waals surface area contributed by atoms with Crippen molar-refractivity contribution in [3.05, 3.63) is 63.7 Å². The lowest BCUT2D eigenvalue weighted by molar-refractivity contribution is -0.387. The van der Waals surface area contributed by atoms with Gasteiger partial charge in [0.05, 0.1) is 16.2 Å². The Balaban J connectivity index is 2.50. The minimum Gasteiger partial charge on any atom is -0.478 e. The Bertz CT molecular complexity index is 892. The molecule has 2 aromatic carbocycles. The van der Waals surface area contributed by atoms with Crippen LogP contribution in [0.25, 0.3) is 0 Å². The molecule has 120 valence electrons. The Kier molecular flexibility index (Phi) is 4.32. The molecular formula is C14H12N2O6S. The van der Waals surface area contributed by atoms with E-state index in [0.717, 1.165) is 12.1 Å². The number of anilines is 1. The summed E-state index contributed by atoms with van der Waals surface area (Å²) in [5.41, 5.74) is -0.370. The predicted molar refractivity (Wildman–Crippen MR) is 82.0 cm³/mol. The van der Waals surface area contributed by atoms with E-state index in [0.29, 0.717) is 0 Å². The van der Waals surface area contributed by atoms with Crippen molar-refractivity contribution in [2.45, 2.75) is 11.8 Å². The Labute approximate surface area is 131 Å². The van der Waals surface area contributed by atoms with Crippen LogP contribution < -0.4 is 4.72 Å². The lowest BCUT2D eigenvalue weighted by atomic mass is 10.1. The molecule has 0 aromatic heterocycles. The third kappa shape index (κ3) is 3.29. The van der Waals surface area contributed by atoms with Crippen molar-refractivity contribution < 1.29 is 23.2 Å². The first-order chi connectivity index (χ1) is 10.7. The number of benzene rings is 2. The van der Waals surface area contributed by atoms with Crippen LogP contribution in [0.5, 0.6) is 0 Å². The first-order valence-electron chi connectivity index (χ1n) is 6.33. The molecule has 0 fully saturated rings. The molecule has 0 aliphatic heterocycles. The average molecular weight is 336 g/mol. The fourth-order valence-electron chi connectivity index (χ4n) is 2.01. The van der Waals surface area contributed by atoms with Crippen molar-refractivity contribution in [2.75, 3.05) is 4.72 Å². The summed E-state index contributed by atoms with van der Waals surface area (Å²) in [6.45, 7) is 1.45. The van der Waals surface area contributed by atoms with E-state index in [-0.39, 0.29) is 16.8 Å². The molecule has 0 aliphatic carbocycles. The summed E-state index contributed by atoms with van der Waals surface area (Å²) >= 11 is 0. The maximum atomic E-state index is 12.4. The molecular weight excluding hydrogens is 324 g/mol. The van der Waals surface area contributed by atoms with Crippen molar-refractivity contribution in [3.63, 3.8) is 0 Å². The standard InChI is InChI=1S/C14H12N2O6S/c1-9-10(14(17)18)5-4-6-11(9)15-23(21,22)13-8-3-2-7-12(13)16(19)20/h2-8,15H,1H3,(H,17,18). The number of para-hydroxylation sites is 1. The van der Waals surface area contributed by atoms with Crippen LogP contribution in [-0.4, -0.2) is 24.4 Å². The number of carbonyl (C=O) groups is 1. The second-order valence-corrected chi connectivity index (χ2v) is 6.26. The van der Waals surface area contributed by atoms with E-state index >= 15 is 0 Å². The van der Waals surface area contributed by atoms with Crippen molar-refractivity contribution in [3.8, 4) is 0 Å². The number of sulfonamides is 1. The highest BCUT2D eigenvalue weighted by atomic mass is 32.2. The zero-order chi connectivity index (χ0) is 17.2. The average Bonchev–Trinajstić information content (AvgIpc) is 2.49. The van der Waals surface area contributed by atoms with Crippen molar-refractivity contribution in [2.24, 2.45) is 0 Å². The Morgan fingerprint density at radius 1 is 1.17 bits per heavy atom. The smallest absolute Gasteiger partial charge is 0.336 e. The number of aromatic carboxylic acids is 1. The van der Waals surface area contributed by atoms with Crippen LogP contribution in [0, 0.1) is 17.0 Å². The van der Waals surface area contributed by atoms with Gasteiger partial charge in [-0.15, -0.1) is 0 Å². The molecule has 0 amide bonds. The zero-order valence-electron chi connectivity index (χ0n) is 11.9. The summed E-state index contributed by atoms with van der Waals surface area (Å²) in [4.78, 5) is 20.8. The highest BCUT2D eigenvalue weighted by molar-refractivity contribution is 7.92. The fraction of sp³-hybridized carbons (Fsp3) is 0.0714. The van der Waals surface area contributed by atoms with Gasteiger partial charge in [0.2, 0.25) is 0 Å². The lowest BCUT2D eigenvalue weighted by Gasteiger charge is -2.12. The first kappa shape index (κ1) is 16.4. The van der Waals surface area contributed by atoms with Gasteiger partial charge in [0, 0.05) is 6.07 Å². The van der Waals surface area contributed by atoms with Crippen LogP contribution in [0.1, 0.15) is 15.9 Å². The monoisotopic (exact) mass is 336 g/mol. The van der Waals surface area contributed by atoms with Crippen LogP contribution >= 0.6 is 0 Å². The molecule has 0 unspecified atom stereocenters. The molecule has 0 radical (unpaired) electrons. The van der Waals surface area contributed by atoms with Crippen LogP contribution in [0.4, 0.5) is 11.4 Å². The van der Waals surface area contributed by atoms with E-state index in [4.69, 9.17) is 5.11 Å². The predicted octanol–water partition coefficient (Wildman–Crippen LogP) is 2.40. The number of nitro groups is 1. The van der Waals surface area contributed by atoms with E-state index in [1.165, 1.54) is 37.3 Å². The van der Waals surface area contributed by atoms with Gasteiger partial charge in [0.1, 0.15) is 0 Å². The molecule has 0 bridgehead atoms.